The number of amides is 1. The summed E-state index contributed by atoms with van der Waals surface area (Å²) in [4.78, 5) is 16.2. The minimum Gasteiger partial charge on any atom is -0.368 e. The fraction of sp³-hybridized carbons (Fsp3) is 0.294. The number of pyridine rings is 1. The Kier molecular flexibility index (Phi) is 5.47. The number of rotatable bonds is 6. The summed E-state index contributed by atoms with van der Waals surface area (Å²) in [6, 6.07) is 9.99. The highest BCUT2D eigenvalue weighted by Gasteiger charge is 2.06. The molecule has 0 saturated carbocycles. The second-order valence-corrected chi connectivity index (χ2v) is 5.24. The summed E-state index contributed by atoms with van der Waals surface area (Å²) in [5.74, 6) is 0.236. The highest BCUT2D eigenvalue weighted by atomic mass is 19.1. The molecule has 1 aromatic carbocycles. The lowest BCUT2D eigenvalue weighted by Crippen LogP contribution is -2.16. The predicted octanol–water partition coefficient (Wildman–Crippen LogP) is 3.61. The summed E-state index contributed by atoms with van der Waals surface area (Å²) in [6.45, 7) is 4.18. The molecule has 2 rings (SSSR count). The van der Waals surface area contributed by atoms with Crippen molar-refractivity contribution in [2.45, 2.75) is 32.7 Å². The van der Waals surface area contributed by atoms with Crippen molar-refractivity contribution < 1.29 is 9.18 Å². The van der Waals surface area contributed by atoms with Gasteiger partial charge in [-0.1, -0.05) is 19.1 Å². The number of carbonyl (C=O) groups is 1. The van der Waals surface area contributed by atoms with Crippen LogP contribution in [0.25, 0.3) is 0 Å². The van der Waals surface area contributed by atoms with E-state index >= 15 is 0 Å². The van der Waals surface area contributed by atoms with Crippen LogP contribution in [0.3, 0.4) is 0 Å². The molecule has 1 heterocycles. The lowest BCUT2D eigenvalue weighted by atomic mass is 10.1. The lowest BCUT2D eigenvalue weighted by molar-refractivity contribution is -0.115. The molecule has 0 aliphatic heterocycles. The lowest BCUT2D eigenvalue weighted by Gasteiger charge is -2.12. The topological polar surface area (TPSA) is 54.0 Å². The minimum absolute atomic E-state index is 0.130. The Hall–Kier alpha value is -2.43. The van der Waals surface area contributed by atoms with Gasteiger partial charge in [-0.05, 0) is 43.2 Å². The van der Waals surface area contributed by atoms with Crippen LogP contribution in [0.4, 0.5) is 15.9 Å². The van der Waals surface area contributed by atoms with Crippen molar-refractivity contribution in [1.29, 1.82) is 0 Å². The average molecular weight is 301 g/mol. The van der Waals surface area contributed by atoms with Gasteiger partial charge in [0.05, 0.1) is 18.3 Å². The molecule has 0 aliphatic rings. The van der Waals surface area contributed by atoms with Crippen LogP contribution in [-0.4, -0.2) is 16.9 Å². The first-order chi connectivity index (χ1) is 10.6. The Balaban J connectivity index is 1.91. The zero-order valence-corrected chi connectivity index (χ0v) is 12.8. The molecule has 2 aromatic rings. The second-order valence-electron chi connectivity index (χ2n) is 5.24. The smallest absolute Gasteiger partial charge is 0.228 e. The summed E-state index contributed by atoms with van der Waals surface area (Å²) >= 11 is 0. The Morgan fingerprint density at radius 3 is 2.77 bits per heavy atom. The van der Waals surface area contributed by atoms with Gasteiger partial charge in [0.2, 0.25) is 5.91 Å². The SMILES string of the molecule is CCC(C)Nc1ccc(NC(=O)Cc2cccc(F)c2)cn1. The van der Waals surface area contributed by atoms with Gasteiger partial charge in [0.1, 0.15) is 11.6 Å². The maximum Gasteiger partial charge on any atom is 0.228 e. The number of aromatic nitrogens is 1. The number of carbonyl (C=O) groups excluding carboxylic acids is 1. The molecule has 0 fully saturated rings. The van der Waals surface area contributed by atoms with Gasteiger partial charge < -0.3 is 10.6 Å². The largest absolute Gasteiger partial charge is 0.368 e. The van der Waals surface area contributed by atoms with Crippen molar-refractivity contribution in [3.05, 3.63) is 54.0 Å². The van der Waals surface area contributed by atoms with E-state index < -0.39 is 0 Å². The van der Waals surface area contributed by atoms with E-state index in [1.807, 2.05) is 6.07 Å². The zero-order valence-electron chi connectivity index (χ0n) is 12.8. The van der Waals surface area contributed by atoms with Gasteiger partial charge in [-0.2, -0.15) is 0 Å². The van der Waals surface area contributed by atoms with Crippen LogP contribution in [0.2, 0.25) is 0 Å². The van der Waals surface area contributed by atoms with Gasteiger partial charge in [0.15, 0.2) is 0 Å². The van der Waals surface area contributed by atoms with Gasteiger partial charge in [-0.15, -0.1) is 0 Å². The maximum atomic E-state index is 13.1. The van der Waals surface area contributed by atoms with Crippen molar-refractivity contribution in [2.75, 3.05) is 10.6 Å². The first-order valence-corrected chi connectivity index (χ1v) is 7.33. The molecule has 22 heavy (non-hydrogen) atoms. The van der Waals surface area contributed by atoms with Crippen LogP contribution < -0.4 is 10.6 Å². The molecule has 116 valence electrons. The summed E-state index contributed by atoms with van der Waals surface area (Å²) in [5.41, 5.74) is 1.26. The molecule has 1 atom stereocenters. The van der Waals surface area contributed by atoms with Gasteiger partial charge in [-0.25, -0.2) is 9.37 Å². The number of nitrogens with zero attached hydrogens (tertiary/aromatic N) is 1. The van der Waals surface area contributed by atoms with Crippen molar-refractivity contribution >= 4 is 17.4 Å². The Bertz CT molecular complexity index is 628. The van der Waals surface area contributed by atoms with E-state index in [4.69, 9.17) is 0 Å². The van der Waals surface area contributed by atoms with Crippen LogP contribution in [0.1, 0.15) is 25.8 Å². The molecule has 0 bridgehead atoms. The highest BCUT2D eigenvalue weighted by molar-refractivity contribution is 5.92. The minimum atomic E-state index is -0.340. The maximum absolute atomic E-state index is 13.1. The molecule has 0 saturated heterocycles. The molecule has 5 heteroatoms. The Labute approximate surface area is 129 Å². The van der Waals surface area contributed by atoms with E-state index in [-0.39, 0.29) is 18.1 Å². The van der Waals surface area contributed by atoms with Gasteiger partial charge in [0, 0.05) is 6.04 Å². The fourth-order valence-corrected chi connectivity index (χ4v) is 1.95. The Morgan fingerprint density at radius 1 is 1.32 bits per heavy atom. The normalized spacial score (nSPS) is 11.8. The molecule has 4 nitrogen and oxygen atoms in total. The number of benzene rings is 1. The summed E-state index contributed by atoms with van der Waals surface area (Å²) in [7, 11) is 0. The quantitative estimate of drug-likeness (QED) is 0.857. The number of halogens is 1. The van der Waals surface area contributed by atoms with Crippen molar-refractivity contribution in [3.8, 4) is 0 Å². The van der Waals surface area contributed by atoms with E-state index in [1.165, 1.54) is 12.1 Å². The molecular formula is C17H20FN3O. The van der Waals surface area contributed by atoms with Crippen LogP contribution in [-0.2, 0) is 11.2 Å². The predicted molar refractivity (Wildman–Crippen MR) is 86.3 cm³/mol. The average Bonchev–Trinajstić information content (AvgIpc) is 2.49. The van der Waals surface area contributed by atoms with Crippen molar-refractivity contribution in [1.82, 2.24) is 4.98 Å². The molecule has 0 radical (unpaired) electrons. The Morgan fingerprint density at radius 2 is 2.14 bits per heavy atom. The van der Waals surface area contributed by atoms with Crippen molar-refractivity contribution in [2.24, 2.45) is 0 Å². The van der Waals surface area contributed by atoms with Crippen LogP contribution in [0.15, 0.2) is 42.6 Å². The summed E-state index contributed by atoms with van der Waals surface area (Å²) in [6.07, 6.45) is 2.74. The molecule has 0 spiro atoms. The van der Waals surface area contributed by atoms with E-state index in [1.54, 1.807) is 24.4 Å². The third kappa shape index (κ3) is 4.84. The number of hydrogen-bond donors (Lipinski definition) is 2. The fourth-order valence-electron chi connectivity index (χ4n) is 1.95. The number of nitrogens with one attached hydrogen (secondary N) is 2. The van der Waals surface area contributed by atoms with E-state index in [2.05, 4.69) is 29.5 Å². The second kappa shape index (κ2) is 7.54. The van der Waals surface area contributed by atoms with Gasteiger partial charge in [-0.3, -0.25) is 4.79 Å². The number of hydrogen-bond acceptors (Lipinski definition) is 3. The van der Waals surface area contributed by atoms with Crippen LogP contribution in [0.5, 0.6) is 0 Å². The molecule has 1 aromatic heterocycles. The number of anilines is 2. The van der Waals surface area contributed by atoms with Gasteiger partial charge in [0.25, 0.3) is 0 Å². The highest BCUT2D eigenvalue weighted by Crippen LogP contribution is 2.12. The molecule has 0 aliphatic carbocycles. The summed E-state index contributed by atoms with van der Waals surface area (Å²) < 4.78 is 13.1. The van der Waals surface area contributed by atoms with E-state index in [0.717, 1.165) is 12.2 Å². The first-order valence-electron chi connectivity index (χ1n) is 7.33. The molecule has 2 N–H and O–H groups in total. The third-order valence-electron chi connectivity index (χ3n) is 3.31. The van der Waals surface area contributed by atoms with Crippen molar-refractivity contribution in [3.63, 3.8) is 0 Å². The summed E-state index contributed by atoms with van der Waals surface area (Å²) in [5, 5.41) is 6.01. The monoisotopic (exact) mass is 301 g/mol. The van der Waals surface area contributed by atoms with Gasteiger partial charge >= 0.3 is 0 Å². The zero-order chi connectivity index (χ0) is 15.9. The van der Waals surface area contributed by atoms with E-state index in [9.17, 15) is 9.18 Å². The van der Waals surface area contributed by atoms with Crippen LogP contribution in [0, 0.1) is 5.82 Å². The van der Waals surface area contributed by atoms with E-state index in [0.29, 0.717) is 17.3 Å². The third-order valence-corrected chi connectivity index (χ3v) is 3.31. The van der Waals surface area contributed by atoms with Crippen LogP contribution >= 0.6 is 0 Å². The molecule has 1 unspecified atom stereocenters. The first kappa shape index (κ1) is 15.9. The molecular weight excluding hydrogens is 281 g/mol. The molecule has 1 amide bonds. The standard InChI is InChI=1S/C17H20FN3O/c1-3-12(2)20-16-8-7-15(11-19-16)21-17(22)10-13-5-4-6-14(18)9-13/h4-9,11-12H,3,10H2,1-2H3,(H,19,20)(H,21,22).